The monoisotopic (exact) mass is 232 g/mol. The van der Waals surface area contributed by atoms with Gasteiger partial charge in [-0.05, 0) is 38.8 Å². The van der Waals surface area contributed by atoms with Crippen molar-refractivity contribution in [3.05, 3.63) is 22.2 Å². The highest BCUT2D eigenvalue weighted by molar-refractivity contribution is 7.99. The predicted molar refractivity (Wildman–Crippen MR) is 59.7 cm³/mol. The third kappa shape index (κ3) is 3.65. The lowest BCUT2D eigenvalue weighted by atomic mass is 10.1. The molecule has 1 heterocycles. The van der Waals surface area contributed by atoms with Gasteiger partial charge in [0, 0.05) is 11.6 Å². The minimum Gasteiger partial charge on any atom is -0.258 e. The molecule has 1 aromatic heterocycles. The summed E-state index contributed by atoms with van der Waals surface area (Å²) in [5, 5.41) is 10.6. The average molecular weight is 232 g/mol. The van der Waals surface area contributed by atoms with Crippen molar-refractivity contribution in [3.63, 3.8) is 0 Å². The summed E-state index contributed by atoms with van der Waals surface area (Å²) in [6.45, 7) is 6.13. The number of nitro groups is 1. The highest BCUT2D eigenvalue weighted by atomic mass is 32.2. The van der Waals surface area contributed by atoms with Crippen LogP contribution in [0, 0.1) is 10.1 Å². The van der Waals surface area contributed by atoms with Gasteiger partial charge >= 0.3 is 5.00 Å². The molecule has 0 amide bonds. The summed E-state index contributed by atoms with van der Waals surface area (Å²) in [4.78, 5) is 10.0. The van der Waals surface area contributed by atoms with Crippen LogP contribution in [0.1, 0.15) is 20.8 Å². The summed E-state index contributed by atoms with van der Waals surface area (Å²) in [6, 6.07) is 3.28. The van der Waals surface area contributed by atoms with E-state index >= 15 is 0 Å². The zero-order valence-electron chi connectivity index (χ0n) is 8.23. The molecule has 0 spiro atoms. The van der Waals surface area contributed by atoms with Gasteiger partial charge < -0.3 is 0 Å². The van der Waals surface area contributed by atoms with Gasteiger partial charge in [-0.3, -0.25) is 14.8 Å². The van der Waals surface area contributed by atoms with Crippen molar-refractivity contribution in [2.75, 3.05) is 0 Å². The van der Waals surface area contributed by atoms with Crippen LogP contribution in [-0.4, -0.2) is 10.5 Å². The fraction of sp³-hybridized carbons (Fsp3) is 0.500. The van der Waals surface area contributed by atoms with E-state index in [1.165, 1.54) is 29.4 Å². The Hall–Kier alpha value is -0.590. The Morgan fingerprint density at radius 2 is 2.14 bits per heavy atom. The SMILES string of the molecule is CC(C)(C)NSc1ccc([N+](=O)[O-])s1. The molecule has 0 saturated heterocycles. The maximum absolute atomic E-state index is 10.4. The van der Waals surface area contributed by atoms with Gasteiger partial charge in [0.25, 0.3) is 0 Å². The third-order valence-corrected chi connectivity index (χ3v) is 3.59. The number of rotatable bonds is 3. The second-order valence-electron chi connectivity index (χ2n) is 3.80. The van der Waals surface area contributed by atoms with E-state index in [1.54, 1.807) is 6.07 Å². The largest absolute Gasteiger partial charge is 0.325 e. The molecule has 1 N–H and O–H groups in total. The molecule has 78 valence electrons. The van der Waals surface area contributed by atoms with E-state index in [0.29, 0.717) is 0 Å². The molecule has 1 rings (SSSR count). The lowest BCUT2D eigenvalue weighted by Crippen LogP contribution is -2.29. The predicted octanol–water partition coefficient (Wildman–Crippen LogP) is 3.05. The van der Waals surface area contributed by atoms with E-state index in [1.807, 2.05) is 20.8 Å². The van der Waals surface area contributed by atoms with Crippen LogP contribution in [0.4, 0.5) is 5.00 Å². The van der Waals surface area contributed by atoms with Crippen molar-refractivity contribution < 1.29 is 4.92 Å². The maximum Gasteiger partial charge on any atom is 0.325 e. The van der Waals surface area contributed by atoms with Gasteiger partial charge in [0.1, 0.15) is 0 Å². The van der Waals surface area contributed by atoms with Crippen molar-refractivity contribution in [1.82, 2.24) is 4.72 Å². The lowest BCUT2D eigenvalue weighted by Gasteiger charge is -2.18. The van der Waals surface area contributed by atoms with E-state index in [-0.39, 0.29) is 15.5 Å². The molecule has 0 radical (unpaired) electrons. The van der Waals surface area contributed by atoms with Crippen LogP contribution in [0.5, 0.6) is 0 Å². The van der Waals surface area contributed by atoms with Crippen LogP contribution in [0.15, 0.2) is 16.3 Å². The highest BCUT2D eigenvalue weighted by Gasteiger charge is 2.13. The first kappa shape index (κ1) is 11.5. The third-order valence-electron chi connectivity index (χ3n) is 1.20. The van der Waals surface area contributed by atoms with Gasteiger partial charge in [0.05, 0.1) is 9.13 Å². The van der Waals surface area contributed by atoms with E-state index < -0.39 is 0 Å². The summed E-state index contributed by atoms with van der Waals surface area (Å²) < 4.78 is 4.10. The first-order valence-corrected chi connectivity index (χ1v) is 5.70. The topological polar surface area (TPSA) is 55.2 Å². The zero-order valence-corrected chi connectivity index (χ0v) is 9.87. The average Bonchev–Trinajstić information content (AvgIpc) is 2.47. The molecule has 6 heteroatoms. The quantitative estimate of drug-likeness (QED) is 0.494. The Labute approximate surface area is 91.0 Å². The first-order valence-electron chi connectivity index (χ1n) is 4.07. The van der Waals surface area contributed by atoms with Crippen LogP contribution < -0.4 is 4.72 Å². The van der Waals surface area contributed by atoms with E-state index in [4.69, 9.17) is 0 Å². The normalized spacial score (nSPS) is 11.6. The number of nitrogens with zero attached hydrogens (tertiary/aromatic N) is 1. The Morgan fingerprint density at radius 3 is 2.57 bits per heavy atom. The van der Waals surface area contributed by atoms with Gasteiger partial charge in [0.2, 0.25) is 0 Å². The number of nitrogens with one attached hydrogen (secondary N) is 1. The van der Waals surface area contributed by atoms with Gasteiger partial charge in [-0.2, -0.15) is 0 Å². The second-order valence-corrected chi connectivity index (χ2v) is 5.97. The standard InChI is InChI=1S/C8H12N2O2S2/c1-8(2,3)9-14-7-5-4-6(13-7)10(11)12/h4-5,9H,1-3H3. The van der Waals surface area contributed by atoms with Crippen LogP contribution in [0.25, 0.3) is 0 Å². The fourth-order valence-corrected chi connectivity index (χ4v) is 2.31. The highest BCUT2D eigenvalue weighted by Crippen LogP contribution is 2.31. The van der Waals surface area contributed by atoms with Crippen LogP contribution >= 0.6 is 23.3 Å². The molecule has 0 aliphatic heterocycles. The molecular formula is C8H12N2O2S2. The zero-order chi connectivity index (χ0) is 10.8. The van der Waals surface area contributed by atoms with E-state index in [0.717, 1.165) is 4.21 Å². The minimum atomic E-state index is -0.369. The second kappa shape index (κ2) is 4.29. The van der Waals surface area contributed by atoms with Crippen LogP contribution in [0.2, 0.25) is 0 Å². The molecule has 0 aliphatic rings. The summed E-state index contributed by atoms with van der Waals surface area (Å²) in [5.41, 5.74) is 0.00341. The van der Waals surface area contributed by atoms with Gasteiger partial charge in [-0.25, -0.2) is 0 Å². The Morgan fingerprint density at radius 1 is 1.50 bits per heavy atom. The number of hydrogen-bond acceptors (Lipinski definition) is 5. The maximum atomic E-state index is 10.4. The Bertz CT molecular complexity index is 330. The molecule has 0 aromatic carbocycles. The molecule has 4 nitrogen and oxygen atoms in total. The smallest absolute Gasteiger partial charge is 0.258 e. The fourth-order valence-electron chi connectivity index (χ4n) is 0.667. The van der Waals surface area contributed by atoms with Crippen LogP contribution in [0.3, 0.4) is 0 Å². The summed E-state index contributed by atoms with van der Waals surface area (Å²) in [6.07, 6.45) is 0. The summed E-state index contributed by atoms with van der Waals surface area (Å²) in [5.74, 6) is 0. The Kier molecular flexibility index (Phi) is 3.52. The minimum absolute atomic E-state index is 0.00341. The van der Waals surface area contributed by atoms with Crippen molar-refractivity contribution in [2.24, 2.45) is 0 Å². The summed E-state index contributed by atoms with van der Waals surface area (Å²) >= 11 is 2.61. The number of thiophene rings is 1. The van der Waals surface area contributed by atoms with E-state index in [9.17, 15) is 10.1 Å². The van der Waals surface area contributed by atoms with Crippen molar-refractivity contribution in [2.45, 2.75) is 30.5 Å². The summed E-state index contributed by atoms with van der Waals surface area (Å²) in [7, 11) is 0. The van der Waals surface area contributed by atoms with Gasteiger partial charge in [-0.1, -0.05) is 11.3 Å². The number of hydrogen-bond donors (Lipinski definition) is 1. The van der Waals surface area contributed by atoms with E-state index in [2.05, 4.69) is 4.72 Å². The molecule has 14 heavy (non-hydrogen) atoms. The van der Waals surface area contributed by atoms with Crippen molar-refractivity contribution >= 4 is 28.3 Å². The molecule has 0 saturated carbocycles. The molecule has 1 aromatic rings. The molecule has 0 unspecified atom stereocenters. The molecule has 0 aliphatic carbocycles. The molecule has 0 bridgehead atoms. The molecule has 0 atom stereocenters. The van der Waals surface area contributed by atoms with Crippen molar-refractivity contribution in [3.8, 4) is 0 Å². The first-order chi connectivity index (χ1) is 6.38. The Balaban J connectivity index is 2.56. The van der Waals surface area contributed by atoms with Gasteiger partial charge in [0.15, 0.2) is 0 Å². The molecule has 0 fully saturated rings. The van der Waals surface area contributed by atoms with Gasteiger partial charge in [-0.15, -0.1) is 0 Å². The lowest BCUT2D eigenvalue weighted by molar-refractivity contribution is -0.380. The van der Waals surface area contributed by atoms with Crippen molar-refractivity contribution in [1.29, 1.82) is 0 Å². The molecular weight excluding hydrogens is 220 g/mol. The van der Waals surface area contributed by atoms with Crippen LogP contribution in [-0.2, 0) is 0 Å².